The Bertz CT molecular complexity index is 572. The van der Waals surface area contributed by atoms with Crippen LogP contribution in [0.15, 0.2) is 28.7 Å². The van der Waals surface area contributed by atoms with Gasteiger partial charge in [0.25, 0.3) is 0 Å². The van der Waals surface area contributed by atoms with Crippen molar-refractivity contribution >= 4 is 32.8 Å². The molecular weight excluding hydrogens is 282 g/mol. The summed E-state index contributed by atoms with van der Waals surface area (Å²) in [6.45, 7) is 4.86. The molecular formula is C13H14BrNO2. The fourth-order valence-electron chi connectivity index (χ4n) is 2.01. The monoisotopic (exact) mass is 295 g/mol. The molecule has 2 rings (SSSR count). The maximum Gasteiger partial charge on any atom is 0.352 e. The molecule has 2 aromatic rings. The van der Waals surface area contributed by atoms with Crippen LogP contribution < -0.4 is 0 Å². The Balaban J connectivity index is 2.73. The molecule has 3 nitrogen and oxygen atoms in total. The van der Waals surface area contributed by atoms with Gasteiger partial charge in [0.15, 0.2) is 0 Å². The Kier molecular flexibility index (Phi) is 3.24. The number of aromatic carboxylic acids is 1. The number of nitrogens with zero attached hydrogens (tertiary/aromatic N) is 1. The number of carbonyl (C=O) groups is 1. The van der Waals surface area contributed by atoms with Gasteiger partial charge in [-0.2, -0.15) is 0 Å². The van der Waals surface area contributed by atoms with E-state index in [0.29, 0.717) is 18.2 Å². The van der Waals surface area contributed by atoms with Crippen molar-refractivity contribution in [2.45, 2.75) is 20.4 Å². The van der Waals surface area contributed by atoms with Gasteiger partial charge in [0.2, 0.25) is 0 Å². The number of hydrogen-bond acceptors (Lipinski definition) is 1. The van der Waals surface area contributed by atoms with Crippen LogP contribution in [0.5, 0.6) is 0 Å². The summed E-state index contributed by atoms with van der Waals surface area (Å²) < 4.78 is 2.80. The molecule has 0 aliphatic heterocycles. The van der Waals surface area contributed by atoms with E-state index in [-0.39, 0.29) is 0 Å². The predicted octanol–water partition coefficient (Wildman–Crippen LogP) is 3.76. The Labute approximate surface area is 108 Å². The zero-order valence-electron chi connectivity index (χ0n) is 9.77. The number of aromatic nitrogens is 1. The van der Waals surface area contributed by atoms with Crippen LogP contribution in [0.2, 0.25) is 0 Å². The number of rotatable bonds is 3. The highest BCUT2D eigenvalue weighted by molar-refractivity contribution is 9.10. The van der Waals surface area contributed by atoms with Crippen molar-refractivity contribution in [3.63, 3.8) is 0 Å². The lowest BCUT2D eigenvalue weighted by Crippen LogP contribution is -2.12. The first-order chi connectivity index (χ1) is 8.00. The maximum atomic E-state index is 11.2. The lowest BCUT2D eigenvalue weighted by atomic mass is 10.2. The van der Waals surface area contributed by atoms with Crippen LogP contribution in [0, 0.1) is 5.92 Å². The minimum absolute atomic E-state index is 0.348. The zero-order valence-corrected chi connectivity index (χ0v) is 11.4. The summed E-state index contributed by atoms with van der Waals surface area (Å²) in [6.07, 6.45) is 0. The highest BCUT2D eigenvalue weighted by Gasteiger charge is 2.16. The van der Waals surface area contributed by atoms with Crippen molar-refractivity contribution in [1.82, 2.24) is 4.57 Å². The lowest BCUT2D eigenvalue weighted by molar-refractivity contribution is 0.0685. The highest BCUT2D eigenvalue weighted by Crippen LogP contribution is 2.28. The van der Waals surface area contributed by atoms with Crippen LogP contribution in [-0.4, -0.2) is 15.6 Å². The summed E-state index contributed by atoms with van der Waals surface area (Å²) in [5.41, 5.74) is 1.30. The smallest absolute Gasteiger partial charge is 0.352 e. The molecule has 0 atom stereocenters. The third-order valence-electron chi connectivity index (χ3n) is 2.64. The molecule has 0 amide bonds. The van der Waals surface area contributed by atoms with Gasteiger partial charge >= 0.3 is 5.97 Å². The Hall–Kier alpha value is -1.29. The van der Waals surface area contributed by atoms with Crippen LogP contribution in [0.3, 0.4) is 0 Å². The molecule has 17 heavy (non-hydrogen) atoms. The largest absolute Gasteiger partial charge is 0.477 e. The average Bonchev–Trinajstić information content (AvgIpc) is 2.57. The Morgan fingerprint density at radius 2 is 2.18 bits per heavy atom. The van der Waals surface area contributed by atoms with Gasteiger partial charge < -0.3 is 9.67 Å². The Morgan fingerprint density at radius 3 is 2.76 bits per heavy atom. The molecule has 4 heteroatoms. The zero-order chi connectivity index (χ0) is 12.6. The summed E-state index contributed by atoms with van der Waals surface area (Å²) in [5, 5.41) is 10.2. The molecule has 0 saturated carbocycles. The number of carboxylic acid groups (broad SMARTS) is 1. The second-order valence-electron chi connectivity index (χ2n) is 4.52. The van der Waals surface area contributed by atoms with Crippen LogP contribution in [0.25, 0.3) is 10.9 Å². The molecule has 0 spiro atoms. The average molecular weight is 296 g/mol. The van der Waals surface area contributed by atoms with Crippen molar-refractivity contribution in [3.8, 4) is 0 Å². The fourth-order valence-corrected chi connectivity index (χ4v) is 2.61. The Morgan fingerprint density at radius 1 is 1.47 bits per heavy atom. The molecule has 0 fully saturated rings. The highest BCUT2D eigenvalue weighted by atomic mass is 79.9. The number of para-hydroxylation sites is 1. The number of halogens is 1. The van der Waals surface area contributed by atoms with Gasteiger partial charge in [-0.05, 0) is 34.0 Å². The standard InChI is InChI=1S/C13H14BrNO2/c1-8(2)7-15-11(13(16)17)6-9-4-3-5-10(14)12(9)15/h3-6,8H,7H2,1-2H3,(H,16,17). The second kappa shape index (κ2) is 4.53. The third kappa shape index (κ3) is 2.22. The predicted molar refractivity (Wildman–Crippen MR) is 71.4 cm³/mol. The fraction of sp³-hybridized carbons (Fsp3) is 0.308. The third-order valence-corrected chi connectivity index (χ3v) is 3.28. The van der Waals surface area contributed by atoms with E-state index in [2.05, 4.69) is 29.8 Å². The van der Waals surface area contributed by atoms with Crippen LogP contribution >= 0.6 is 15.9 Å². The van der Waals surface area contributed by atoms with Crippen LogP contribution in [0.4, 0.5) is 0 Å². The van der Waals surface area contributed by atoms with E-state index in [9.17, 15) is 9.90 Å². The van der Waals surface area contributed by atoms with Gasteiger partial charge in [0.05, 0.1) is 5.52 Å². The number of carboxylic acids is 1. The molecule has 1 heterocycles. The van der Waals surface area contributed by atoms with E-state index >= 15 is 0 Å². The van der Waals surface area contributed by atoms with E-state index in [1.807, 2.05) is 22.8 Å². The SMILES string of the molecule is CC(C)Cn1c(C(=O)O)cc2cccc(Br)c21. The number of benzene rings is 1. The van der Waals surface area contributed by atoms with E-state index in [0.717, 1.165) is 15.4 Å². The summed E-state index contributed by atoms with van der Waals surface area (Å²) in [4.78, 5) is 11.2. The first-order valence-corrected chi connectivity index (χ1v) is 6.31. The molecule has 0 radical (unpaired) electrons. The molecule has 0 aliphatic rings. The first-order valence-electron chi connectivity index (χ1n) is 5.51. The molecule has 1 N–H and O–H groups in total. The van der Waals surface area contributed by atoms with Crippen molar-refractivity contribution in [2.75, 3.05) is 0 Å². The van der Waals surface area contributed by atoms with Gasteiger partial charge in [-0.15, -0.1) is 0 Å². The maximum absolute atomic E-state index is 11.2. The van der Waals surface area contributed by atoms with Crippen LogP contribution in [0.1, 0.15) is 24.3 Å². The summed E-state index contributed by atoms with van der Waals surface area (Å²) in [7, 11) is 0. The molecule has 90 valence electrons. The van der Waals surface area contributed by atoms with E-state index in [1.165, 1.54) is 0 Å². The number of fused-ring (bicyclic) bond motifs is 1. The van der Waals surface area contributed by atoms with E-state index < -0.39 is 5.97 Å². The van der Waals surface area contributed by atoms with Crippen LogP contribution in [-0.2, 0) is 6.54 Å². The van der Waals surface area contributed by atoms with Crippen molar-refractivity contribution in [2.24, 2.45) is 5.92 Å². The minimum Gasteiger partial charge on any atom is -0.477 e. The minimum atomic E-state index is -0.881. The van der Waals surface area contributed by atoms with E-state index in [4.69, 9.17) is 0 Å². The molecule has 1 aromatic heterocycles. The molecule has 0 aliphatic carbocycles. The molecule has 1 aromatic carbocycles. The van der Waals surface area contributed by atoms with Crippen molar-refractivity contribution in [1.29, 1.82) is 0 Å². The quantitative estimate of drug-likeness (QED) is 0.937. The number of hydrogen-bond donors (Lipinski definition) is 1. The van der Waals surface area contributed by atoms with E-state index in [1.54, 1.807) is 6.07 Å². The van der Waals surface area contributed by atoms with Gasteiger partial charge in [-0.3, -0.25) is 0 Å². The van der Waals surface area contributed by atoms with Gasteiger partial charge in [0.1, 0.15) is 5.69 Å². The molecule has 0 unspecified atom stereocenters. The van der Waals surface area contributed by atoms with Gasteiger partial charge in [-0.25, -0.2) is 4.79 Å². The van der Waals surface area contributed by atoms with Crippen molar-refractivity contribution < 1.29 is 9.90 Å². The summed E-state index contributed by atoms with van der Waals surface area (Å²) in [6, 6.07) is 7.51. The topological polar surface area (TPSA) is 42.2 Å². The first kappa shape index (κ1) is 12.2. The van der Waals surface area contributed by atoms with Gasteiger partial charge in [0, 0.05) is 16.4 Å². The normalized spacial score (nSPS) is 11.3. The second-order valence-corrected chi connectivity index (χ2v) is 5.37. The lowest BCUT2D eigenvalue weighted by Gasteiger charge is -2.11. The molecule has 0 saturated heterocycles. The summed E-state index contributed by atoms with van der Waals surface area (Å²) in [5.74, 6) is -0.482. The van der Waals surface area contributed by atoms with Gasteiger partial charge in [-0.1, -0.05) is 26.0 Å². The molecule has 0 bridgehead atoms. The van der Waals surface area contributed by atoms with Crippen molar-refractivity contribution in [3.05, 3.63) is 34.4 Å². The summed E-state index contributed by atoms with van der Waals surface area (Å²) >= 11 is 3.49.